The molecule has 0 N–H and O–H groups in total. The van der Waals surface area contributed by atoms with Crippen LogP contribution < -0.4 is 4.74 Å². The predicted molar refractivity (Wildman–Crippen MR) is 103 cm³/mol. The molecule has 1 aromatic carbocycles. The molecule has 0 saturated carbocycles. The minimum atomic E-state index is -0.297. The van der Waals surface area contributed by atoms with E-state index in [9.17, 15) is 4.39 Å². The summed E-state index contributed by atoms with van der Waals surface area (Å²) < 4.78 is 21.2. The van der Waals surface area contributed by atoms with Gasteiger partial charge in [0.1, 0.15) is 11.6 Å². The summed E-state index contributed by atoms with van der Waals surface area (Å²) in [6.07, 6.45) is 2.11. The maximum atomic E-state index is 13.9. The number of hydrogen-bond acceptors (Lipinski definition) is 5. The zero-order chi connectivity index (χ0) is 19.4. The van der Waals surface area contributed by atoms with Gasteiger partial charge in [0.05, 0.1) is 13.7 Å². The molecule has 0 bridgehead atoms. The first-order chi connectivity index (χ1) is 13.0. The number of benzene rings is 1. The third-order valence-electron chi connectivity index (χ3n) is 5.20. The number of methoxy groups -OCH3 is 1. The Kier molecular flexibility index (Phi) is 6.44. The van der Waals surface area contributed by atoms with Gasteiger partial charge in [-0.05, 0) is 64.6 Å². The molecule has 2 aromatic rings. The Labute approximate surface area is 160 Å². The van der Waals surface area contributed by atoms with Crippen LogP contribution in [-0.4, -0.2) is 58.9 Å². The van der Waals surface area contributed by atoms with Crippen molar-refractivity contribution in [3.63, 3.8) is 0 Å². The van der Waals surface area contributed by atoms with E-state index in [0.29, 0.717) is 11.7 Å². The number of halogens is 1. The van der Waals surface area contributed by atoms with E-state index in [1.807, 2.05) is 6.07 Å². The highest BCUT2D eigenvalue weighted by atomic mass is 19.1. The Morgan fingerprint density at radius 2 is 1.96 bits per heavy atom. The second-order valence-electron chi connectivity index (χ2n) is 7.48. The standard InChI is InChI=1S/C20H30FN5O/c1-5-26-19(14-24(2)3)22-23-20(26)16-8-10-25(11-9-16)13-15-6-7-18(27-4)17(21)12-15/h6-7,12,16H,5,8-11,13-14H2,1-4H3. The number of nitrogens with zero attached hydrogens (tertiary/aromatic N) is 5. The summed E-state index contributed by atoms with van der Waals surface area (Å²) in [5.41, 5.74) is 0.983. The van der Waals surface area contributed by atoms with E-state index in [1.54, 1.807) is 12.1 Å². The van der Waals surface area contributed by atoms with Crippen molar-refractivity contribution >= 4 is 0 Å². The van der Waals surface area contributed by atoms with E-state index in [2.05, 4.69) is 45.6 Å². The SMILES string of the molecule is CCn1c(CN(C)C)nnc1C1CCN(Cc2ccc(OC)c(F)c2)CC1. The number of aromatic nitrogens is 3. The van der Waals surface area contributed by atoms with E-state index in [1.165, 1.54) is 7.11 Å². The molecule has 0 amide bonds. The molecular formula is C20H30FN5O. The smallest absolute Gasteiger partial charge is 0.165 e. The van der Waals surface area contributed by atoms with Crippen molar-refractivity contribution in [1.29, 1.82) is 0 Å². The van der Waals surface area contributed by atoms with Crippen LogP contribution in [0.1, 0.15) is 42.9 Å². The lowest BCUT2D eigenvalue weighted by atomic mass is 9.95. The van der Waals surface area contributed by atoms with E-state index < -0.39 is 0 Å². The van der Waals surface area contributed by atoms with Gasteiger partial charge in [-0.15, -0.1) is 10.2 Å². The van der Waals surface area contributed by atoms with Crippen LogP contribution in [-0.2, 0) is 19.6 Å². The highest BCUT2D eigenvalue weighted by Gasteiger charge is 2.26. The van der Waals surface area contributed by atoms with Crippen LogP contribution in [0.25, 0.3) is 0 Å². The molecule has 0 radical (unpaired) electrons. The highest BCUT2D eigenvalue weighted by molar-refractivity contribution is 5.29. The summed E-state index contributed by atoms with van der Waals surface area (Å²) >= 11 is 0. The van der Waals surface area contributed by atoms with Gasteiger partial charge in [-0.1, -0.05) is 6.07 Å². The van der Waals surface area contributed by atoms with Crippen LogP contribution in [0.5, 0.6) is 5.75 Å². The Balaban J connectivity index is 1.60. The quantitative estimate of drug-likeness (QED) is 0.745. The lowest BCUT2D eigenvalue weighted by molar-refractivity contribution is 0.199. The van der Waals surface area contributed by atoms with Crippen LogP contribution in [0, 0.1) is 5.82 Å². The van der Waals surface area contributed by atoms with Crippen LogP contribution in [0.15, 0.2) is 18.2 Å². The summed E-state index contributed by atoms with van der Waals surface area (Å²) in [5.74, 6) is 2.59. The Hall–Kier alpha value is -1.99. The van der Waals surface area contributed by atoms with Gasteiger partial charge in [-0.25, -0.2) is 4.39 Å². The topological polar surface area (TPSA) is 46.4 Å². The molecule has 1 saturated heterocycles. The predicted octanol–water partition coefficient (Wildman–Crippen LogP) is 2.89. The number of hydrogen-bond donors (Lipinski definition) is 0. The molecule has 0 unspecified atom stereocenters. The van der Waals surface area contributed by atoms with Crippen molar-refractivity contribution in [2.45, 2.75) is 45.3 Å². The van der Waals surface area contributed by atoms with Gasteiger partial charge in [0.15, 0.2) is 11.6 Å². The number of likely N-dealkylation sites (tertiary alicyclic amines) is 1. The molecule has 7 heteroatoms. The van der Waals surface area contributed by atoms with Gasteiger partial charge in [0.25, 0.3) is 0 Å². The van der Waals surface area contributed by atoms with Crippen LogP contribution >= 0.6 is 0 Å². The number of ether oxygens (including phenoxy) is 1. The van der Waals surface area contributed by atoms with E-state index in [0.717, 1.165) is 62.8 Å². The number of rotatable bonds is 7. The first-order valence-corrected chi connectivity index (χ1v) is 9.63. The molecule has 0 atom stereocenters. The molecule has 27 heavy (non-hydrogen) atoms. The molecular weight excluding hydrogens is 345 g/mol. The molecule has 0 aliphatic carbocycles. The molecule has 3 rings (SSSR count). The molecule has 2 heterocycles. The maximum Gasteiger partial charge on any atom is 0.165 e. The molecule has 1 fully saturated rings. The Morgan fingerprint density at radius 1 is 1.22 bits per heavy atom. The fourth-order valence-electron chi connectivity index (χ4n) is 3.81. The van der Waals surface area contributed by atoms with Gasteiger partial charge < -0.3 is 14.2 Å². The van der Waals surface area contributed by atoms with Crippen molar-refractivity contribution in [3.05, 3.63) is 41.2 Å². The number of piperidine rings is 1. The van der Waals surface area contributed by atoms with Gasteiger partial charge in [0, 0.05) is 19.0 Å². The average Bonchev–Trinajstić information content (AvgIpc) is 3.04. The zero-order valence-electron chi connectivity index (χ0n) is 16.8. The first-order valence-electron chi connectivity index (χ1n) is 9.63. The summed E-state index contributed by atoms with van der Waals surface area (Å²) in [6.45, 7) is 6.59. The maximum absolute atomic E-state index is 13.9. The van der Waals surface area contributed by atoms with Crippen molar-refractivity contribution in [3.8, 4) is 5.75 Å². The fraction of sp³-hybridized carbons (Fsp3) is 0.600. The normalized spacial score (nSPS) is 16.2. The monoisotopic (exact) mass is 375 g/mol. The molecule has 1 aliphatic heterocycles. The van der Waals surface area contributed by atoms with Crippen LogP contribution in [0.4, 0.5) is 4.39 Å². The highest BCUT2D eigenvalue weighted by Crippen LogP contribution is 2.28. The Bertz CT molecular complexity index is 753. The zero-order valence-corrected chi connectivity index (χ0v) is 16.8. The summed E-state index contributed by atoms with van der Waals surface area (Å²) in [6, 6.07) is 5.22. The first kappa shape index (κ1) is 19.8. The summed E-state index contributed by atoms with van der Waals surface area (Å²) in [5, 5.41) is 8.93. The molecule has 148 valence electrons. The third kappa shape index (κ3) is 4.65. The average molecular weight is 375 g/mol. The minimum Gasteiger partial charge on any atom is -0.494 e. The molecule has 1 aromatic heterocycles. The van der Waals surface area contributed by atoms with E-state index in [-0.39, 0.29) is 5.82 Å². The van der Waals surface area contributed by atoms with E-state index >= 15 is 0 Å². The minimum absolute atomic E-state index is 0.296. The van der Waals surface area contributed by atoms with Crippen LogP contribution in [0.3, 0.4) is 0 Å². The summed E-state index contributed by atoms with van der Waals surface area (Å²) in [4.78, 5) is 4.50. The molecule has 0 spiro atoms. The largest absolute Gasteiger partial charge is 0.494 e. The van der Waals surface area contributed by atoms with Gasteiger partial charge in [-0.3, -0.25) is 4.90 Å². The van der Waals surface area contributed by atoms with Crippen LogP contribution in [0.2, 0.25) is 0 Å². The van der Waals surface area contributed by atoms with Gasteiger partial charge in [-0.2, -0.15) is 0 Å². The van der Waals surface area contributed by atoms with Crippen molar-refractivity contribution in [1.82, 2.24) is 24.6 Å². The second-order valence-corrected chi connectivity index (χ2v) is 7.48. The lowest BCUT2D eigenvalue weighted by Crippen LogP contribution is -2.33. The van der Waals surface area contributed by atoms with E-state index in [4.69, 9.17) is 4.74 Å². The molecule has 6 nitrogen and oxygen atoms in total. The fourth-order valence-corrected chi connectivity index (χ4v) is 3.81. The summed E-state index contributed by atoms with van der Waals surface area (Å²) in [7, 11) is 5.59. The lowest BCUT2D eigenvalue weighted by Gasteiger charge is -2.31. The van der Waals surface area contributed by atoms with Crippen molar-refractivity contribution < 1.29 is 9.13 Å². The van der Waals surface area contributed by atoms with Crippen molar-refractivity contribution in [2.24, 2.45) is 0 Å². The van der Waals surface area contributed by atoms with Crippen molar-refractivity contribution in [2.75, 3.05) is 34.3 Å². The Morgan fingerprint density at radius 3 is 2.56 bits per heavy atom. The second kappa shape index (κ2) is 8.80. The molecule has 1 aliphatic rings. The van der Waals surface area contributed by atoms with Gasteiger partial charge >= 0.3 is 0 Å². The van der Waals surface area contributed by atoms with Gasteiger partial charge in [0.2, 0.25) is 0 Å². The third-order valence-corrected chi connectivity index (χ3v) is 5.20.